The maximum atomic E-state index is 10.8. The average molecular weight is 248 g/mol. The number of carbonyl (C=O) groups excluding carboxylic acids is 2. The highest BCUT2D eigenvalue weighted by atomic mass is 16.4. The Labute approximate surface area is 97.6 Å². The molecule has 8 heteroatoms. The highest BCUT2D eigenvalue weighted by Gasteiger charge is 2.18. The largest absolute Gasteiger partial charge is 0.480 e. The fraction of sp³-hybridized carbons (Fsp3) is 0.667. The van der Waals surface area contributed by atoms with Gasteiger partial charge in [-0.15, -0.1) is 0 Å². The van der Waals surface area contributed by atoms with E-state index >= 15 is 0 Å². The van der Waals surface area contributed by atoms with Crippen LogP contribution in [0.4, 0.5) is 0 Å². The molecule has 0 saturated heterocycles. The Morgan fingerprint density at radius 3 is 2.12 bits per heavy atom. The molecule has 0 aliphatic carbocycles. The molecule has 98 valence electrons. The van der Waals surface area contributed by atoms with Gasteiger partial charge in [-0.25, -0.2) is 4.79 Å². The Balaban J connectivity index is 3.90. The lowest BCUT2D eigenvalue weighted by molar-refractivity contribution is -0.142. The molecule has 1 unspecified atom stereocenters. The van der Waals surface area contributed by atoms with Gasteiger partial charge in [0.2, 0.25) is 11.8 Å². The zero-order chi connectivity index (χ0) is 13.3. The summed E-state index contributed by atoms with van der Waals surface area (Å²) in [6.45, 7) is -1.19. The summed E-state index contributed by atoms with van der Waals surface area (Å²) in [4.78, 5) is 32.1. The van der Waals surface area contributed by atoms with Gasteiger partial charge in [-0.1, -0.05) is 0 Å². The van der Waals surface area contributed by atoms with Gasteiger partial charge >= 0.3 is 5.97 Å². The Morgan fingerprint density at radius 1 is 1.06 bits per heavy atom. The lowest BCUT2D eigenvalue weighted by Gasteiger charge is -2.13. The molecule has 17 heavy (non-hydrogen) atoms. The van der Waals surface area contributed by atoms with Crippen molar-refractivity contribution in [3.8, 4) is 0 Å². The van der Waals surface area contributed by atoms with E-state index < -0.39 is 37.0 Å². The van der Waals surface area contributed by atoms with Gasteiger partial charge in [0.05, 0.1) is 0 Å². The highest BCUT2D eigenvalue weighted by molar-refractivity contribution is 5.84. The van der Waals surface area contributed by atoms with Crippen LogP contribution in [0.1, 0.15) is 12.8 Å². The number of carboxylic acid groups (broad SMARTS) is 1. The maximum absolute atomic E-state index is 10.8. The predicted molar refractivity (Wildman–Crippen MR) is 56.0 cm³/mol. The van der Waals surface area contributed by atoms with Crippen molar-refractivity contribution >= 4 is 17.8 Å². The molecule has 0 aliphatic rings. The van der Waals surface area contributed by atoms with Crippen molar-refractivity contribution in [1.82, 2.24) is 10.6 Å². The summed E-state index contributed by atoms with van der Waals surface area (Å²) in [6.07, 6.45) is 0.446. The summed E-state index contributed by atoms with van der Waals surface area (Å²) < 4.78 is 0. The van der Waals surface area contributed by atoms with Crippen LogP contribution in [-0.4, -0.2) is 58.9 Å². The molecule has 0 aromatic rings. The Bertz CT molecular complexity index is 281. The third-order valence-corrected chi connectivity index (χ3v) is 1.91. The maximum Gasteiger partial charge on any atom is 0.326 e. The first kappa shape index (κ1) is 15.3. The van der Waals surface area contributed by atoms with Gasteiger partial charge < -0.3 is 26.0 Å². The van der Waals surface area contributed by atoms with E-state index in [0.29, 0.717) is 6.42 Å². The summed E-state index contributed by atoms with van der Waals surface area (Å²) in [5.74, 6) is -2.52. The number of aliphatic carboxylic acids is 1. The minimum absolute atomic E-state index is 0.118. The van der Waals surface area contributed by atoms with Crippen LogP contribution in [0.3, 0.4) is 0 Å². The molecule has 1 atom stereocenters. The quantitative estimate of drug-likeness (QED) is 0.300. The zero-order valence-corrected chi connectivity index (χ0v) is 9.18. The summed E-state index contributed by atoms with van der Waals surface area (Å²) in [5.41, 5.74) is 0. The van der Waals surface area contributed by atoms with E-state index in [1.165, 1.54) is 0 Å². The van der Waals surface area contributed by atoms with Crippen molar-refractivity contribution in [2.45, 2.75) is 18.9 Å². The second-order valence-corrected chi connectivity index (χ2v) is 3.27. The summed E-state index contributed by atoms with van der Waals surface area (Å²) in [7, 11) is 0. The zero-order valence-electron chi connectivity index (χ0n) is 9.18. The van der Waals surface area contributed by atoms with E-state index in [0.717, 1.165) is 0 Å². The molecule has 5 N–H and O–H groups in total. The Hall–Kier alpha value is -1.67. The van der Waals surface area contributed by atoms with Crippen LogP contribution >= 0.6 is 0 Å². The number of hydrogen-bond acceptors (Lipinski definition) is 5. The first-order valence-electron chi connectivity index (χ1n) is 5.01. The summed E-state index contributed by atoms with van der Waals surface area (Å²) in [6, 6.07) is -1.10. The summed E-state index contributed by atoms with van der Waals surface area (Å²) in [5, 5.41) is 30.1. The molecule has 0 rings (SSSR count). The van der Waals surface area contributed by atoms with Crippen LogP contribution in [0.5, 0.6) is 0 Å². The number of carbonyl (C=O) groups is 3. The van der Waals surface area contributed by atoms with Crippen LogP contribution in [0, 0.1) is 0 Å². The van der Waals surface area contributed by atoms with E-state index in [1.807, 2.05) is 0 Å². The van der Waals surface area contributed by atoms with Crippen LogP contribution in [-0.2, 0) is 14.4 Å². The molecule has 0 saturated carbocycles. The van der Waals surface area contributed by atoms with Crippen molar-refractivity contribution in [3.05, 3.63) is 0 Å². The molecule has 0 fully saturated rings. The monoisotopic (exact) mass is 248 g/mol. The van der Waals surface area contributed by atoms with Gasteiger partial charge in [-0.3, -0.25) is 9.59 Å². The number of hydrogen-bond donors (Lipinski definition) is 5. The van der Waals surface area contributed by atoms with Crippen molar-refractivity contribution in [2.24, 2.45) is 0 Å². The standard InChI is InChI=1S/C9H16N2O6/c12-4-7(14)10-3-1-2-6(9(16)17)11-8(15)5-13/h6,12-13H,1-5H2,(H,10,14)(H,11,15)(H,16,17). The van der Waals surface area contributed by atoms with Crippen molar-refractivity contribution in [1.29, 1.82) is 0 Å². The van der Waals surface area contributed by atoms with E-state index in [4.69, 9.17) is 15.3 Å². The van der Waals surface area contributed by atoms with E-state index in [9.17, 15) is 14.4 Å². The van der Waals surface area contributed by atoms with Crippen molar-refractivity contribution in [3.63, 3.8) is 0 Å². The molecule has 0 aromatic carbocycles. The normalized spacial score (nSPS) is 11.6. The fourth-order valence-electron chi connectivity index (χ4n) is 1.09. The van der Waals surface area contributed by atoms with Crippen LogP contribution in [0.2, 0.25) is 0 Å². The Morgan fingerprint density at radius 2 is 1.65 bits per heavy atom. The topological polar surface area (TPSA) is 136 Å². The van der Waals surface area contributed by atoms with Gasteiger partial charge in [0.25, 0.3) is 0 Å². The average Bonchev–Trinajstić information content (AvgIpc) is 2.31. The molecule has 8 nitrogen and oxygen atoms in total. The molecular formula is C9H16N2O6. The van der Waals surface area contributed by atoms with Gasteiger partial charge in [-0.2, -0.15) is 0 Å². The molecule has 0 aliphatic heterocycles. The van der Waals surface area contributed by atoms with Crippen LogP contribution in [0.15, 0.2) is 0 Å². The Kier molecular flexibility index (Phi) is 7.65. The van der Waals surface area contributed by atoms with Gasteiger partial charge in [0, 0.05) is 6.54 Å². The van der Waals surface area contributed by atoms with E-state index in [1.54, 1.807) is 0 Å². The number of aliphatic hydroxyl groups excluding tert-OH is 2. The minimum Gasteiger partial charge on any atom is -0.480 e. The van der Waals surface area contributed by atoms with Crippen LogP contribution < -0.4 is 10.6 Å². The molecule has 0 heterocycles. The highest BCUT2D eigenvalue weighted by Crippen LogP contribution is 1.97. The molecule has 2 amide bonds. The summed E-state index contributed by atoms with van der Waals surface area (Å²) >= 11 is 0. The first-order valence-corrected chi connectivity index (χ1v) is 5.01. The number of rotatable bonds is 8. The fourth-order valence-corrected chi connectivity index (χ4v) is 1.09. The van der Waals surface area contributed by atoms with Gasteiger partial charge in [0.1, 0.15) is 19.3 Å². The lowest BCUT2D eigenvalue weighted by Crippen LogP contribution is -2.42. The second kappa shape index (κ2) is 8.48. The van der Waals surface area contributed by atoms with E-state index in [-0.39, 0.29) is 13.0 Å². The molecule has 0 bridgehead atoms. The number of carboxylic acids is 1. The predicted octanol–water partition coefficient (Wildman–Crippen LogP) is -2.56. The smallest absolute Gasteiger partial charge is 0.326 e. The van der Waals surface area contributed by atoms with E-state index in [2.05, 4.69) is 10.6 Å². The first-order chi connectivity index (χ1) is 8.01. The molecule has 0 aromatic heterocycles. The SMILES string of the molecule is O=C(CO)NCCCC(NC(=O)CO)C(=O)O. The van der Waals surface area contributed by atoms with Crippen molar-refractivity contribution < 1.29 is 29.7 Å². The van der Waals surface area contributed by atoms with Crippen molar-refractivity contribution in [2.75, 3.05) is 19.8 Å². The molecule has 0 spiro atoms. The van der Waals surface area contributed by atoms with Gasteiger partial charge in [-0.05, 0) is 12.8 Å². The molecule has 0 radical (unpaired) electrons. The third kappa shape index (κ3) is 7.25. The molecular weight excluding hydrogens is 232 g/mol. The number of nitrogens with one attached hydrogen (secondary N) is 2. The number of aliphatic hydroxyl groups is 2. The second-order valence-electron chi connectivity index (χ2n) is 3.27. The van der Waals surface area contributed by atoms with Crippen LogP contribution in [0.25, 0.3) is 0 Å². The third-order valence-electron chi connectivity index (χ3n) is 1.91. The minimum atomic E-state index is -1.21. The number of amides is 2. The van der Waals surface area contributed by atoms with Gasteiger partial charge in [0.15, 0.2) is 0 Å². The lowest BCUT2D eigenvalue weighted by atomic mass is 10.1.